The van der Waals surface area contributed by atoms with Gasteiger partial charge < -0.3 is 10.3 Å². The first-order chi connectivity index (χ1) is 13.6. The second-order valence-corrected chi connectivity index (χ2v) is 8.79. The Bertz CT molecular complexity index is 1080. The second-order valence-electron chi connectivity index (χ2n) is 6.74. The van der Waals surface area contributed by atoms with Crippen molar-refractivity contribution in [1.82, 2.24) is 15.3 Å². The number of aryl methyl sites for hydroxylation is 2. The van der Waals surface area contributed by atoms with E-state index in [1.54, 1.807) is 29.5 Å². The van der Waals surface area contributed by atoms with Gasteiger partial charge in [0.1, 0.15) is 10.6 Å². The first kappa shape index (κ1) is 19.1. The zero-order chi connectivity index (χ0) is 19.5. The number of hydrogen-bond donors (Lipinski definition) is 2. The summed E-state index contributed by atoms with van der Waals surface area (Å²) in [6.07, 6.45) is 4.67. The van der Waals surface area contributed by atoms with E-state index in [1.165, 1.54) is 22.7 Å². The van der Waals surface area contributed by atoms with Gasteiger partial charge in [-0.2, -0.15) is 0 Å². The molecule has 0 atom stereocenters. The lowest BCUT2D eigenvalue weighted by molar-refractivity contribution is -0.118. The Morgan fingerprint density at radius 2 is 2.11 bits per heavy atom. The molecule has 1 amide bonds. The number of fused-ring (bicyclic) bond motifs is 3. The summed E-state index contributed by atoms with van der Waals surface area (Å²) in [5.74, 6) is -0.286. The molecular formula is C20H20FN3O2S2. The number of hydrogen-bond acceptors (Lipinski definition) is 5. The quantitative estimate of drug-likeness (QED) is 0.476. The number of H-pyrrole nitrogens is 1. The molecule has 4 rings (SSSR count). The van der Waals surface area contributed by atoms with E-state index in [-0.39, 0.29) is 23.0 Å². The Hall–Kier alpha value is -2.19. The highest BCUT2D eigenvalue weighted by atomic mass is 32.2. The van der Waals surface area contributed by atoms with E-state index >= 15 is 0 Å². The molecule has 0 unspecified atom stereocenters. The average Bonchev–Trinajstić information content (AvgIpc) is 3.07. The molecule has 0 fully saturated rings. The maximum atomic E-state index is 13.6. The molecule has 2 N–H and O–H groups in total. The van der Waals surface area contributed by atoms with E-state index < -0.39 is 0 Å². The van der Waals surface area contributed by atoms with Gasteiger partial charge in [-0.3, -0.25) is 9.59 Å². The molecule has 2 aromatic heterocycles. The summed E-state index contributed by atoms with van der Waals surface area (Å²) in [5, 5.41) is 3.96. The molecule has 0 aliphatic heterocycles. The predicted molar refractivity (Wildman–Crippen MR) is 111 cm³/mol. The minimum absolute atomic E-state index is 0.119. The lowest BCUT2D eigenvalue weighted by Gasteiger charge is -2.09. The van der Waals surface area contributed by atoms with Crippen molar-refractivity contribution in [2.75, 3.05) is 12.3 Å². The number of halogens is 1. The van der Waals surface area contributed by atoms with Crippen LogP contribution >= 0.6 is 23.1 Å². The van der Waals surface area contributed by atoms with Crippen LogP contribution in [0, 0.1) is 5.82 Å². The minimum atomic E-state index is -0.264. The molecule has 1 aromatic carbocycles. The van der Waals surface area contributed by atoms with E-state index in [0.29, 0.717) is 23.7 Å². The van der Waals surface area contributed by atoms with Crippen molar-refractivity contribution in [2.24, 2.45) is 0 Å². The highest BCUT2D eigenvalue weighted by Crippen LogP contribution is 2.34. The number of carbonyl (C=O) groups is 1. The smallest absolute Gasteiger partial charge is 0.260 e. The van der Waals surface area contributed by atoms with E-state index in [4.69, 9.17) is 0 Å². The van der Waals surface area contributed by atoms with Crippen molar-refractivity contribution in [3.05, 3.63) is 56.4 Å². The molecule has 0 radical (unpaired) electrons. The first-order valence-corrected chi connectivity index (χ1v) is 11.1. The Morgan fingerprint density at radius 3 is 2.96 bits per heavy atom. The van der Waals surface area contributed by atoms with Crippen molar-refractivity contribution < 1.29 is 9.18 Å². The number of nitrogens with one attached hydrogen (secondary N) is 2. The molecule has 28 heavy (non-hydrogen) atoms. The highest BCUT2D eigenvalue weighted by molar-refractivity contribution is 7.99. The molecule has 0 saturated carbocycles. The normalized spacial score (nSPS) is 13.5. The van der Waals surface area contributed by atoms with Crippen molar-refractivity contribution in [3.8, 4) is 0 Å². The van der Waals surface area contributed by atoms with Crippen LogP contribution in [0.1, 0.15) is 28.8 Å². The summed E-state index contributed by atoms with van der Waals surface area (Å²) in [6, 6.07) is 6.54. The second kappa shape index (κ2) is 8.45. The van der Waals surface area contributed by atoms with Crippen LogP contribution in [-0.2, 0) is 24.1 Å². The molecule has 8 heteroatoms. The number of thioether (sulfide) groups is 1. The Kier molecular flexibility index (Phi) is 5.77. The van der Waals surface area contributed by atoms with Crippen LogP contribution in [0.3, 0.4) is 0 Å². The fraction of sp³-hybridized carbons (Fsp3) is 0.350. The summed E-state index contributed by atoms with van der Waals surface area (Å²) in [4.78, 5) is 33.9. The number of nitrogens with zero attached hydrogens (tertiary/aromatic N) is 1. The van der Waals surface area contributed by atoms with Crippen LogP contribution in [-0.4, -0.2) is 28.2 Å². The lowest BCUT2D eigenvalue weighted by Crippen LogP contribution is -2.27. The third-order valence-corrected chi connectivity index (χ3v) is 6.88. The van der Waals surface area contributed by atoms with Gasteiger partial charge in [0.15, 0.2) is 5.16 Å². The third-order valence-electron chi connectivity index (χ3n) is 4.82. The van der Waals surface area contributed by atoms with Crippen LogP contribution in [0.4, 0.5) is 4.39 Å². The topological polar surface area (TPSA) is 74.8 Å². The molecule has 0 spiro atoms. The van der Waals surface area contributed by atoms with Gasteiger partial charge in [-0.05, 0) is 49.3 Å². The van der Waals surface area contributed by atoms with E-state index in [0.717, 1.165) is 41.5 Å². The summed E-state index contributed by atoms with van der Waals surface area (Å²) < 4.78 is 13.6. The van der Waals surface area contributed by atoms with Gasteiger partial charge in [0.2, 0.25) is 5.91 Å². The van der Waals surface area contributed by atoms with Gasteiger partial charge in [-0.25, -0.2) is 9.37 Å². The van der Waals surface area contributed by atoms with Gasteiger partial charge in [0.05, 0.1) is 11.1 Å². The van der Waals surface area contributed by atoms with E-state index in [1.807, 2.05) is 0 Å². The zero-order valence-corrected chi connectivity index (χ0v) is 16.9. The number of benzene rings is 1. The molecule has 0 saturated heterocycles. The number of amides is 1. The molecule has 3 aromatic rings. The van der Waals surface area contributed by atoms with E-state index in [2.05, 4.69) is 15.3 Å². The van der Waals surface area contributed by atoms with Crippen molar-refractivity contribution in [1.29, 1.82) is 0 Å². The van der Waals surface area contributed by atoms with Crippen LogP contribution in [0.2, 0.25) is 0 Å². The van der Waals surface area contributed by atoms with Crippen molar-refractivity contribution in [2.45, 2.75) is 37.3 Å². The fourth-order valence-corrected chi connectivity index (χ4v) is 5.45. The number of aromatic nitrogens is 2. The molecule has 0 bridgehead atoms. The summed E-state index contributed by atoms with van der Waals surface area (Å²) >= 11 is 2.80. The number of carbonyl (C=O) groups excluding carboxylic acids is 1. The van der Waals surface area contributed by atoms with Gasteiger partial charge in [-0.1, -0.05) is 30.0 Å². The van der Waals surface area contributed by atoms with Gasteiger partial charge in [0, 0.05) is 11.4 Å². The van der Waals surface area contributed by atoms with Crippen LogP contribution in [0.5, 0.6) is 0 Å². The SMILES string of the molecule is O=C(CSc1nc2sc3c(c2c(=O)[nH]1)CCCC3)NCCc1ccccc1F. The molecule has 1 aliphatic rings. The average molecular weight is 418 g/mol. The number of aromatic amines is 1. The lowest BCUT2D eigenvalue weighted by atomic mass is 9.97. The molecule has 1 aliphatic carbocycles. The maximum absolute atomic E-state index is 13.6. The molecule has 146 valence electrons. The van der Waals surface area contributed by atoms with Crippen LogP contribution in [0.15, 0.2) is 34.2 Å². The third kappa shape index (κ3) is 4.12. The first-order valence-electron chi connectivity index (χ1n) is 9.29. The van der Waals surface area contributed by atoms with Crippen molar-refractivity contribution in [3.63, 3.8) is 0 Å². The fourth-order valence-electron chi connectivity index (χ4n) is 3.44. The summed E-state index contributed by atoms with van der Waals surface area (Å²) in [6.45, 7) is 0.362. The summed E-state index contributed by atoms with van der Waals surface area (Å²) in [7, 11) is 0. The van der Waals surface area contributed by atoms with Gasteiger partial charge >= 0.3 is 0 Å². The van der Waals surface area contributed by atoms with Crippen LogP contribution in [0.25, 0.3) is 10.2 Å². The van der Waals surface area contributed by atoms with Gasteiger partial charge in [0.25, 0.3) is 5.56 Å². The number of rotatable bonds is 6. The molecule has 5 nitrogen and oxygen atoms in total. The number of thiophene rings is 1. The highest BCUT2D eigenvalue weighted by Gasteiger charge is 2.20. The monoisotopic (exact) mass is 417 g/mol. The Morgan fingerprint density at radius 1 is 1.29 bits per heavy atom. The standard InChI is InChI=1S/C20H20FN3O2S2/c21-14-7-3-1-5-12(14)9-10-22-16(25)11-27-20-23-18(26)17-13-6-2-4-8-15(13)28-19(17)24-20/h1,3,5,7H,2,4,6,8-11H2,(H,22,25)(H,23,24,26). The summed E-state index contributed by atoms with van der Waals surface area (Å²) in [5.41, 5.74) is 1.61. The Labute approximate surface area is 169 Å². The van der Waals surface area contributed by atoms with E-state index in [9.17, 15) is 14.0 Å². The Balaban J connectivity index is 1.35. The predicted octanol–water partition coefficient (Wildman–Crippen LogP) is 3.45. The van der Waals surface area contributed by atoms with Crippen LogP contribution < -0.4 is 10.9 Å². The maximum Gasteiger partial charge on any atom is 0.260 e. The minimum Gasteiger partial charge on any atom is -0.355 e. The largest absolute Gasteiger partial charge is 0.355 e. The molecular weight excluding hydrogens is 397 g/mol. The van der Waals surface area contributed by atoms with Gasteiger partial charge in [-0.15, -0.1) is 11.3 Å². The molecule has 2 heterocycles. The van der Waals surface area contributed by atoms with Crippen molar-refractivity contribution >= 4 is 39.2 Å². The zero-order valence-electron chi connectivity index (χ0n) is 15.2.